The normalized spacial score (nSPS) is 10.9. The number of rotatable bonds is 6. The Bertz CT molecular complexity index is 711. The number of nitrogens with one attached hydrogen (secondary N) is 1. The molecule has 2 aromatic heterocycles. The van der Waals surface area contributed by atoms with Crippen molar-refractivity contribution in [1.82, 2.24) is 19.5 Å². The highest BCUT2D eigenvalue weighted by Crippen LogP contribution is 2.25. The van der Waals surface area contributed by atoms with Gasteiger partial charge in [0.05, 0.1) is 11.8 Å². The molecule has 0 aliphatic rings. The number of para-hydroxylation sites is 1. The van der Waals surface area contributed by atoms with Gasteiger partial charge >= 0.3 is 0 Å². The molecule has 0 aliphatic carbocycles. The number of imidazole rings is 1. The van der Waals surface area contributed by atoms with E-state index in [0.717, 1.165) is 47.1 Å². The van der Waals surface area contributed by atoms with E-state index in [9.17, 15) is 0 Å². The standard InChI is InChI=1S/C15H16BrN5/c16-13-5-3-4-12-14(13)19-10-20-15(12)18-6-1-2-8-21-9-7-17-11-21/h3-5,7,9-11H,1-2,6,8H2,(H,18,19,20). The fraction of sp³-hybridized carbons (Fsp3) is 0.267. The van der Waals surface area contributed by atoms with Crippen LogP contribution in [0.5, 0.6) is 0 Å². The lowest BCUT2D eigenvalue weighted by atomic mass is 10.2. The minimum Gasteiger partial charge on any atom is -0.369 e. The first kappa shape index (κ1) is 14.0. The molecule has 0 saturated heterocycles. The molecule has 1 N–H and O–H groups in total. The van der Waals surface area contributed by atoms with Crippen LogP contribution in [0.25, 0.3) is 10.9 Å². The molecule has 0 amide bonds. The van der Waals surface area contributed by atoms with E-state index in [0.29, 0.717) is 0 Å². The lowest BCUT2D eigenvalue weighted by Crippen LogP contribution is -2.06. The minimum absolute atomic E-state index is 0.893. The van der Waals surface area contributed by atoms with Crippen LogP contribution in [-0.4, -0.2) is 26.1 Å². The third-order valence-corrected chi connectivity index (χ3v) is 3.95. The Kier molecular flexibility index (Phi) is 4.45. The zero-order valence-corrected chi connectivity index (χ0v) is 13.1. The first-order valence-corrected chi connectivity index (χ1v) is 7.73. The van der Waals surface area contributed by atoms with Gasteiger partial charge in [-0.3, -0.25) is 0 Å². The molecule has 0 fully saturated rings. The number of fused-ring (bicyclic) bond motifs is 1. The van der Waals surface area contributed by atoms with Gasteiger partial charge in [0.15, 0.2) is 0 Å². The van der Waals surface area contributed by atoms with Crippen LogP contribution in [0.15, 0.2) is 47.7 Å². The van der Waals surface area contributed by atoms with E-state index in [1.54, 1.807) is 6.33 Å². The van der Waals surface area contributed by atoms with Crippen molar-refractivity contribution in [3.05, 3.63) is 47.7 Å². The van der Waals surface area contributed by atoms with E-state index >= 15 is 0 Å². The summed E-state index contributed by atoms with van der Waals surface area (Å²) < 4.78 is 3.09. The molecule has 0 spiro atoms. The van der Waals surface area contributed by atoms with E-state index < -0.39 is 0 Å². The van der Waals surface area contributed by atoms with E-state index in [1.807, 2.05) is 36.9 Å². The number of benzene rings is 1. The molecule has 108 valence electrons. The Morgan fingerprint density at radius 2 is 2.14 bits per heavy atom. The van der Waals surface area contributed by atoms with Crippen LogP contribution in [0.1, 0.15) is 12.8 Å². The quantitative estimate of drug-likeness (QED) is 0.695. The van der Waals surface area contributed by atoms with Crippen LogP contribution in [0.3, 0.4) is 0 Å². The third-order valence-electron chi connectivity index (χ3n) is 3.31. The van der Waals surface area contributed by atoms with Gasteiger partial charge in [-0.2, -0.15) is 0 Å². The molecule has 1 aromatic carbocycles. The van der Waals surface area contributed by atoms with Crippen LogP contribution in [0.4, 0.5) is 5.82 Å². The molecule has 21 heavy (non-hydrogen) atoms. The number of nitrogens with zero attached hydrogens (tertiary/aromatic N) is 4. The van der Waals surface area contributed by atoms with Crippen molar-refractivity contribution in [2.75, 3.05) is 11.9 Å². The van der Waals surface area contributed by atoms with Crippen LogP contribution < -0.4 is 5.32 Å². The lowest BCUT2D eigenvalue weighted by molar-refractivity contribution is 0.621. The molecular formula is C15H16BrN5. The molecule has 0 saturated carbocycles. The fourth-order valence-electron chi connectivity index (χ4n) is 2.24. The summed E-state index contributed by atoms with van der Waals surface area (Å²) in [5, 5.41) is 4.44. The number of hydrogen-bond donors (Lipinski definition) is 1. The Morgan fingerprint density at radius 3 is 3.00 bits per heavy atom. The predicted molar refractivity (Wildman–Crippen MR) is 87.2 cm³/mol. The Balaban J connectivity index is 1.57. The summed E-state index contributed by atoms with van der Waals surface area (Å²) in [6.07, 6.45) is 9.43. The van der Waals surface area contributed by atoms with Gasteiger partial charge in [0.25, 0.3) is 0 Å². The van der Waals surface area contributed by atoms with Crippen molar-refractivity contribution < 1.29 is 0 Å². The van der Waals surface area contributed by atoms with Gasteiger partial charge in [0, 0.05) is 35.3 Å². The van der Waals surface area contributed by atoms with Crippen molar-refractivity contribution in [2.45, 2.75) is 19.4 Å². The van der Waals surface area contributed by atoms with Crippen LogP contribution >= 0.6 is 15.9 Å². The molecule has 2 heterocycles. The van der Waals surface area contributed by atoms with Crippen molar-refractivity contribution in [1.29, 1.82) is 0 Å². The van der Waals surface area contributed by atoms with E-state index in [-0.39, 0.29) is 0 Å². The lowest BCUT2D eigenvalue weighted by Gasteiger charge is -2.09. The van der Waals surface area contributed by atoms with Crippen LogP contribution in [0, 0.1) is 0 Å². The topological polar surface area (TPSA) is 55.6 Å². The van der Waals surface area contributed by atoms with Gasteiger partial charge < -0.3 is 9.88 Å². The first-order chi connectivity index (χ1) is 10.3. The molecule has 6 heteroatoms. The van der Waals surface area contributed by atoms with Gasteiger partial charge in [0.1, 0.15) is 12.1 Å². The molecule has 0 radical (unpaired) electrons. The van der Waals surface area contributed by atoms with Crippen molar-refractivity contribution in [3.63, 3.8) is 0 Å². The van der Waals surface area contributed by atoms with Crippen molar-refractivity contribution >= 4 is 32.7 Å². The van der Waals surface area contributed by atoms with Crippen LogP contribution in [-0.2, 0) is 6.54 Å². The minimum atomic E-state index is 0.893. The predicted octanol–water partition coefficient (Wildman–Crippen LogP) is 3.48. The molecule has 5 nitrogen and oxygen atoms in total. The van der Waals surface area contributed by atoms with Gasteiger partial charge in [-0.1, -0.05) is 6.07 Å². The third kappa shape index (κ3) is 3.39. The summed E-state index contributed by atoms with van der Waals surface area (Å²) in [5.74, 6) is 0.893. The monoisotopic (exact) mass is 345 g/mol. The van der Waals surface area contributed by atoms with Gasteiger partial charge in [-0.05, 0) is 40.9 Å². The smallest absolute Gasteiger partial charge is 0.137 e. The highest BCUT2D eigenvalue weighted by atomic mass is 79.9. The summed E-state index contributed by atoms with van der Waals surface area (Å²) in [4.78, 5) is 12.7. The number of unbranched alkanes of at least 4 members (excludes halogenated alkanes) is 1. The molecule has 0 aliphatic heterocycles. The summed E-state index contributed by atoms with van der Waals surface area (Å²) in [5.41, 5.74) is 0.938. The largest absolute Gasteiger partial charge is 0.369 e. The molecule has 3 rings (SSSR count). The zero-order chi connectivity index (χ0) is 14.5. The van der Waals surface area contributed by atoms with Gasteiger partial charge in [-0.15, -0.1) is 0 Å². The summed E-state index contributed by atoms with van der Waals surface area (Å²) >= 11 is 3.52. The van der Waals surface area contributed by atoms with E-state index in [4.69, 9.17) is 0 Å². The van der Waals surface area contributed by atoms with Gasteiger partial charge in [0.2, 0.25) is 0 Å². The second-order valence-electron chi connectivity index (χ2n) is 4.79. The second kappa shape index (κ2) is 6.67. The second-order valence-corrected chi connectivity index (χ2v) is 5.65. The van der Waals surface area contributed by atoms with Crippen molar-refractivity contribution in [2.24, 2.45) is 0 Å². The zero-order valence-electron chi connectivity index (χ0n) is 11.5. The molecule has 3 aromatic rings. The average Bonchev–Trinajstić information content (AvgIpc) is 3.01. The number of anilines is 1. The van der Waals surface area contributed by atoms with Crippen molar-refractivity contribution in [3.8, 4) is 0 Å². The summed E-state index contributed by atoms with van der Waals surface area (Å²) in [6.45, 7) is 1.89. The highest BCUT2D eigenvalue weighted by molar-refractivity contribution is 9.10. The maximum absolute atomic E-state index is 4.34. The molecule has 0 unspecified atom stereocenters. The summed E-state index contributed by atoms with van der Waals surface area (Å²) in [6, 6.07) is 6.03. The Morgan fingerprint density at radius 1 is 1.19 bits per heavy atom. The summed E-state index contributed by atoms with van der Waals surface area (Å²) in [7, 11) is 0. The van der Waals surface area contributed by atoms with E-state index in [1.165, 1.54) is 0 Å². The Hall–Kier alpha value is -1.95. The first-order valence-electron chi connectivity index (χ1n) is 6.93. The average molecular weight is 346 g/mol. The SMILES string of the molecule is Brc1cccc2c(NCCCCn3ccnc3)ncnc12. The number of aryl methyl sites for hydroxylation is 1. The molecular weight excluding hydrogens is 330 g/mol. The number of halogens is 1. The van der Waals surface area contributed by atoms with E-state index in [2.05, 4.69) is 40.8 Å². The number of hydrogen-bond acceptors (Lipinski definition) is 4. The Labute approximate surface area is 131 Å². The number of aromatic nitrogens is 4. The fourth-order valence-corrected chi connectivity index (χ4v) is 2.71. The molecule has 0 bridgehead atoms. The van der Waals surface area contributed by atoms with Gasteiger partial charge in [-0.25, -0.2) is 15.0 Å². The maximum atomic E-state index is 4.34. The molecule has 0 atom stereocenters. The highest BCUT2D eigenvalue weighted by Gasteiger charge is 2.05. The van der Waals surface area contributed by atoms with Crippen LogP contribution in [0.2, 0.25) is 0 Å². The maximum Gasteiger partial charge on any atom is 0.137 e.